The minimum absolute atomic E-state index is 0.185. The molecule has 2 heterocycles. The standard InChI is InChI=1S/C17H19N3O2/c1-22-12-6-7-13(15(21)11-12)16(14-5-2-3-8-18-14)17-19-9-4-10-20-17/h2-3,5-8,11,16,21H,4,9-10H2,1H3,(H,19,20). The molecule has 5 heteroatoms. The SMILES string of the molecule is COc1ccc(C(C2=NCCCN2)c2ccccn2)c(O)c1. The first-order chi connectivity index (χ1) is 10.8. The fourth-order valence-electron chi connectivity index (χ4n) is 2.63. The summed E-state index contributed by atoms with van der Waals surface area (Å²) in [5, 5.41) is 13.7. The van der Waals surface area contributed by atoms with Crippen molar-refractivity contribution in [1.29, 1.82) is 0 Å². The van der Waals surface area contributed by atoms with E-state index in [0.717, 1.165) is 36.6 Å². The van der Waals surface area contributed by atoms with Crippen LogP contribution in [0.5, 0.6) is 11.5 Å². The Kier molecular flexibility index (Phi) is 4.23. The van der Waals surface area contributed by atoms with Crippen molar-refractivity contribution in [1.82, 2.24) is 10.3 Å². The van der Waals surface area contributed by atoms with Crippen LogP contribution in [0, 0.1) is 0 Å². The number of ether oxygens (including phenoxy) is 1. The number of rotatable bonds is 4. The number of benzene rings is 1. The predicted molar refractivity (Wildman–Crippen MR) is 85.7 cm³/mol. The molecule has 1 aliphatic heterocycles. The van der Waals surface area contributed by atoms with Crippen LogP contribution in [0.1, 0.15) is 23.6 Å². The van der Waals surface area contributed by atoms with Crippen molar-refractivity contribution in [2.45, 2.75) is 12.3 Å². The highest BCUT2D eigenvalue weighted by Crippen LogP contribution is 2.34. The van der Waals surface area contributed by atoms with Crippen molar-refractivity contribution in [3.05, 3.63) is 53.9 Å². The third-order valence-electron chi connectivity index (χ3n) is 3.73. The minimum Gasteiger partial charge on any atom is -0.507 e. The van der Waals surface area contributed by atoms with Crippen LogP contribution in [0.4, 0.5) is 0 Å². The van der Waals surface area contributed by atoms with Crippen molar-refractivity contribution in [3.8, 4) is 11.5 Å². The number of hydrogen-bond acceptors (Lipinski definition) is 5. The lowest BCUT2D eigenvalue weighted by molar-refractivity contribution is 0.406. The second-order valence-corrected chi connectivity index (χ2v) is 5.16. The largest absolute Gasteiger partial charge is 0.507 e. The molecule has 0 aliphatic carbocycles. The van der Waals surface area contributed by atoms with Crippen LogP contribution < -0.4 is 10.1 Å². The summed E-state index contributed by atoms with van der Waals surface area (Å²) >= 11 is 0. The number of phenolic OH excluding ortho intramolecular Hbond substituents is 1. The van der Waals surface area contributed by atoms with Crippen molar-refractivity contribution >= 4 is 5.84 Å². The molecule has 5 nitrogen and oxygen atoms in total. The van der Waals surface area contributed by atoms with Crippen LogP contribution in [0.2, 0.25) is 0 Å². The number of nitrogens with one attached hydrogen (secondary N) is 1. The molecule has 0 spiro atoms. The van der Waals surface area contributed by atoms with Crippen LogP contribution in [0.15, 0.2) is 47.6 Å². The highest BCUT2D eigenvalue weighted by atomic mass is 16.5. The van der Waals surface area contributed by atoms with Crippen molar-refractivity contribution < 1.29 is 9.84 Å². The van der Waals surface area contributed by atoms with E-state index in [0.29, 0.717) is 5.75 Å². The molecule has 1 atom stereocenters. The molecular weight excluding hydrogens is 278 g/mol. The minimum atomic E-state index is -0.201. The summed E-state index contributed by atoms with van der Waals surface area (Å²) < 4.78 is 5.16. The molecular formula is C17H19N3O2. The van der Waals surface area contributed by atoms with Crippen molar-refractivity contribution in [2.75, 3.05) is 20.2 Å². The first-order valence-corrected chi connectivity index (χ1v) is 7.35. The summed E-state index contributed by atoms with van der Waals surface area (Å²) in [4.78, 5) is 9.04. The zero-order chi connectivity index (χ0) is 15.4. The Morgan fingerprint density at radius 2 is 2.18 bits per heavy atom. The van der Waals surface area contributed by atoms with Gasteiger partial charge < -0.3 is 15.2 Å². The number of aromatic hydroxyl groups is 1. The molecule has 1 aromatic heterocycles. The van der Waals surface area contributed by atoms with E-state index >= 15 is 0 Å². The van der Waals surface area contributed by atoms with Gasteiger partial charge in [-0.2, -0.15) is 0 Å². The maximum Gasteiger partial charge on any atom is 0.123 e. The highest BCUT2D eigenvalue weighted by Gasteiger charge is 2.25. The summed E-state index contributed by atoms with van der Waals surface area (Å²) in [6.07, 6.45) is 2.78. The molecule has 2 aromatic rings. The Labute approximate surface area is 129 Å². The smallest absolute Gasteiger partial charge is 0.123 e. The normalized spacial score (nSPS) is 15.6. The first-order valence-electron chi connectivity index (χ1n) is 7.35. The first kappa shape index (κ1) is 14.4. The van der Waals surface area contributed by atoms with Gasteiger partial charge in [-0.05, 0) is 24.6 Å². The lowest BCUT2D eigenvalue weighted by Gasteiger charge is -2.24. The molecule has 1 unspecified atom stereocenters. The number of aromatic nitrogens is 1. The molecule has 0 fully saturated rings. The van der Waals surface area contributed by atoms with Crippen LogP contribution in [-0.2, 0) is 0 Å². The van der Waals surface area contributed by atoms with Crippen LogP contribution in [-0.4, -0.2) is 36.1 Å². The zero-order valence-electron chi connectivity index (χ0n) is 12.5. The molecule has 1 aromatic carbocycles. The van der Waals surface area contributed by atoms with E-state index in [1.54, 1.807) is 19.4 Å². The topological polar surface area (TPSA) is 66.7 Å². The van der Waals surface area contributed by atoms with Crippen LogP contribution in [0.3, 0.4) is 0 Å². The van der Waals surface area contributed by atoms with E-state index in [-0.39, 0.29) is 11.7 Å². The third kappa shape index (κ3) is 2.88. The fourth-order valence-corrected chi connectivity index (χ4v) is 2.63. The van der Waals surface area contributed by atoms with Crippen LogP contribution >= 0.6 is 0 Å². The van der Waals surface area contributed by atoms with E-state index in [1.807, 2.05) is 30.3 Å². The maximum absolute atomic E-state index is 10.4. The summed E-state index contributed by atoms with van der Waals surface area (Å²) in [5.74, 6) is 1.46. The predicted octanol–water partition coefficient (Wildman–Crippen LogP) is 2.32. The molecule has 1 aliphatic rings. The number of aliphatic imine (C=N–C) groups is 1. The molecule has 2 N–H and O–H groups in total. The van der Waals surface area contributed by atoms with Gasteiger partial charge in [0.2, 0.25) is 0 Å². The van der Waals surface area contributed by atoms with Gasteiger partial charge in [-0.1, -0.05) is 12.1 Å². The van der Waals surface area contributed by atoms with Crippen molar-refractivity contribution in [2.24, 2.45) is 4.99 Å². The molecule has 22 heavy (non-hydrogen) atoms. The quantitative estimate of drug-likeness (QED) is 0.909. The number of nitrogens with zero attached hydrogens (tertiary/aromatic N) is 2. The van der Waals surface area contributed by atoms with Gasteiger partial charge in [0.05, 0.1) is 18.7 Å². The van der Waals surface area contributed by atoms with Crippen LogP contribution in [0.25, 0.3) is 0 Å². The Balaban J connectivity index is 2.07. The molecule has 0 saturated carbocycles. The molecule has 3 rings (SSSR count). The Morgan fingerprint density at radius 3 is 2.82 bits per heavy atom. The summed E-state index contributed by atoms with van der Waals surface area (Å²) in [5.41, 5.74) is 1.63. The summed E-state index contributed by atoms with van der Waals surface area (Å²) in [6, 6.07) is 11.1. The molecule has 114 valence electrons. The second kappa shape index (κ2) is 6.47. The molecule has 0 amide bonds. The van der Waals surface area contributed by atoms with E-state index < -0.39 is 0 Å². The lowest BCUT2D eigenvalue weighted by Crippen LogP contribution is -2.35. The van der Waals surface area contributed by atoms with Gasteiger partial charge in [-0.25, -0.2) is 0 Å². The van der Waals surface area contributed by atoms with Gasteiger partial charge in [-0.15, -0.1) is 0 Å². The average molecular weight is 297 g/mol. The lowest BCUT2D eigenvalue weighted by atomic mass is 9.92. The van der Waals surface area contributed by atoms with Gasteiger partial charge in [0.1, 0.15) is 17.3 Å². The van der Waals surface area contributed by atoms with E-state index in [9.17, 15) is 5.11 Å². The Bertz CT molecular complexity index is 671. The zero-order valence-corrected chi connectivity index (χ0v) is 12.5. The monoisotopic (exact) mass is 297 g/mol. The van der Waals surface area contributed by atoms with Gasteiger partial charge in [-0.3, -0.25) is 9.98 Å². The number of amidine groups is 1. The third-order valence-corrected chi connectivity index (χ3v) is 3.73. The van der Waals surface area contributed by atoms with Gasteiger partial charge in [0, 0.05) is 30.9 Å². The highest BCUT2D eigenvalue weighted by molar-refractivity contribution is 5.92. The van der Waals surface area contributed by atoms with Gasteiger partial charge >= 0.3 is 0 Å². The molecule has 0 saturated heterocycles. The summed E-state index contributed by atoms with van der Waals surface area (Å²) in [6.45, 7) is 1.68. The molecule has 0 bridgehead atoms. The van der Waals surface area contributed by atoms with E-state index in [4.69, 9.17) is 4.74 Å². The Hall–Kier alpha value is -2.56. The van der Waals surface area contributed by atoms with E-state index in [1.165, 1.54) is 0 Å². The molecule has 0 radical (unpaired) electrons. The van der Waals surface area contributed by atoms with E-state index in [2.05, 4.69) is 15.3 Å². The number of hydrogen-bond donors (Lipinski definition) is 2. The fraction of sp³-hybridized carbons (Fsp3) is 0.294. The average Bonchev–Trinajstić information content (AvgIpc) is 2.58. The maximum atomic E-state index is 10.4. The second-order valence-electron chi connectivity index (χ2n) is 5.16. The van der Waals surface area contributed by atoms with Gasteiger partial charge in [0.25, 0.3) is 0 Å². The summed E-state index contributed by atoms with van der Waals surface area (Å²) in [7, 11) is 1.58. The number of methoxy groups -OCH3 is 1. The van der Waals surface area contributed by atoms with Crippen molar-refractivity contribution in [3.63, 3.8) is 0 Å². The number of phenols is 1. The number of pyridine rings is 1. The van der Waals surface area contributed by atoms with Gasteiger partial charge in [0.15, 0.2) is 0 Å². The Morgan fingerprint density at radius 1 is 1.27 bits per heavy atom.